The monoisotopic (exact) mass is 332 g/mol. The average Bonchev–Trinajstić information content (AvgIpc) is 3.18. The van der Waals surface area contributed by atoms with Crippen molar-refractivity contribution in [3.63, 3.8) is 0 Å². The molecular weight excluding hydrogens is 316 g/mol. The molecule has 0 spiro atoms. The molecule has 1 aromatic carbocycles. The number of carbonyl (C=O) groups is 2. The number of rotatable bonds is 3. The molecule has 1 unspecified atom stereocenters. The van der Waals surface area contributed by atoms with Gasteiger partial charge in [-0.1, -0.05) is 16.6 Å². The van der Waals surface area contributed by atoms with Crippen LogP contribution in [-0.2, 0) is 4.79 Å². The number of aromatic nitrogens is 2. The van der Waals surface area contributed by atoms with E-state index in [1.807, 2.05) is 17.5 Å². The van der Waals surface area contributed by atoms with Gasteiger partial charge in [0.15, 0.2) is 0 Å². The Balaban J connectivity index is 1.64. The van der Waals surface area contributed by atoms with Gasteiger partial charge in [-0.15, -0.1) is 5.10 Å². The molecule has 8 heteroatoms. The number of nitrogens with zero attached hydrogens (tertiary/aromatic N) is 3. The molecule has 1 atom stereocenters. The minimum atomic E-state index is -0.867. The van der Waals surface area contributed by atoms with E-state index in [4.69, 9.17) is 0 Å². The van der Waals surface area contributed by atoms with Gasteiger partial charge in [-0.2, -0.15) is 0 Å². The van der Waals surface area contributed by atoms with Gasteiger partial charge in [0, 0.05) is 29.7 Å². The lowest BCUT2D eigenvalue weighted by atomic mass is 9.90. The Morgan fingerprint density at radius 1 is 1.35 bits per heavy atom. The number of carbonyl (C=O) groups excluding carboxylic acids is 1. The smallest absolute Gasteiger partial charge is 0.321 e. The quantitative estimate of drug-likeness (QED) is 0.900. The molecule has 120 valence electrons. The van der Waals surface area contributed by atoms with Crippen LogP contribution >= 0.6 is 11.5 Å². The van der Waals surface area contributed by atoms with Gasteiger partial charge < -0.3 is 15.3 Å². The first-order chi connectivity index (χ1) is 11.0. The van der Waals surface area contributed by atoms with Crippen LogP contribution in [0.15, 0.2) is 29.6 Å². The second kappa shape index (κ2) is 5.96. The Kier molecular flexibility index (Phi) is 3.99. The molecule has 0 bridgehead atoms. The van der Waals surface area contributed by atoms with Crippen LogP contribution in [-0.4, -0.2) is 44.7 Å². The highest BCUT2D eigenvalue weighted by molar-refractivity contribution is 7.03. The van der Waals surface area contributed by atoms with Gasteiger partial charge >= 0.3 is 12.0 Å². The molecule has 0 radical (unpaired) electrons. The van der Waals surface area contributed by atoms with Crippen molar-refractivity contribution in [2.24, 2.45) is 5.41 Å². The zero-order valence-corrected chi connectivity index (χ0v) is 13.3. The summed E-state index contributed by atoms with van der Waals surface area (Å²) >= 11 is 1.28. The van der Waals surface area contributed by atoms with Crippen LogP contribution in [0.4, 0.5) is 10.5 Å². The van der Waals surface area contributed by atoms with Crippen molar-refractivity contribution in [1.82, 2.24) is 14.5 Å². The van der Waals surface area contributed by atoms with Crippen LogP contribution in [0, 0.1) is 5.41 Å². The number of aliphatic carboxylic acids is 1. The summed E-state index contributed by atoms with van der Waals surface area (Å²) in [6.07, 6.45) is 0.464. The largest absolute Gasteiger partial charge is 0.481 e. The van der Waals surface area contributed by atoms with Gasteiger partial charge in [0.1, 0.15) is 5.69 Å². The summed E-state index contributed by atoms with van der Waals surface area (Å²) in [7, 11) is 0. The Labute approximate surface area is 137 Å². The Morgan fingerprint density at radius 2 is 2.09 bits per heavy atom. The molecule has 1 aliphatic heterocycles. The van der Waals surface area contributed by atoms with Gasteiger partial charge in [-0.3, -0.25) is 4.79 Å². The maximum atomic E-state index is 12.2. The summed E-state index contributed by atoms with van der Waals surface area (Å²) in [5.74, 6) is -0.867. The lowest BCUT2D eigenvalue weighted by molar-refractivity contribution is -0.146. The molecule has 1 aliphatic rings. The highest BCUT2D eigenvalue weighted by Gasteiger charge is 2.42. The van der Waals surface area contributed by atoms with E-state index in [2.05, 4.69) is 14.9 Å². The summed E-state index contributed by atoms with van der Waals surface area (Å²) in [4.78, 5) is 25.0. The molecule has 2 N–H and O–H groups in total. The van der Waals surface area contributed by atoms with Gasteiger partial charge in [0.05, 0.1) is 5.41 Å². The third-order valence-electron chi connectivity index (χ3n) is 4.07. The molecule has 0 saturated carbocycles. The average molecular weight is 332 g/mol. The minimum absolute atomic E-state index is 0.219. The van der Waals surface area contributed by atoms with Crippen LogP contribution < -0.4 is 5.32 Å². The molecular formula is C15H16N4O3S. The number of carboxylic acid groups (broad SMARTS) is 1. The normalized spacial score (nSPS) is 20.5. The lowest BCUT2D eigenvalue weighted by Gasteiger charge is -2.20. The Morgan fingerprint density at radius 3 is 2.65 bits per heavy atom. The summed E-state index contributed by atoms with van der Waals surface area (Å²) in [5, 5.41) is 17.8. The first kappa shape index (κ1) is 15.4. The minimum Gasteiger partial charge on any atom is -0.481 e. The molecule has 2 heterocycles. The van der Waals surface area contributed by atoms with E-state index in [-0.39, 0.29) is 12.6 Å². The van der Waals surface area contributed by atoms with Crippen LogP contribution in [0.3, 0.4) is 0 Å². The van der Waals surface area contributed by atoms with Crippen molar-refractivity contribution in [2.75, 3.05) is 18.4 Å². The first-order valence-electron chi connectivity index (χ1n) is 7.15. The molecule has 0 aliphatic carbocycles. The highest BCUT2D eigenvalue weighted by Crippen LogP contribution is 2.30. The third kappa shape index (κ3) is 3.16. The summed E-state index contributed by atoms with van der Waals surface area (Å²) in [6.45, 7) is 2.33. The number of likely N-dealkylation sites (tertiary alicyclic amines) is 1. The zero-order chi connectivity index (χ0) is 16.4. The summed E-state index contributed by atoms with van der Waals surface area (Å²) < 4.78 is 3.82. The van der Waals surface area contributed by atoms with Crippen molar-refractivity contribution in [2.45, 2.75) is 13.3 Å². The molecule has 3 rings (SSSR count). The summed E-state index contributed by atoms with van der Waals surface area (Å²) in [6, 6.07) is 7.02. The number of urea groups is 1. The second-order valence-electron chi connectivity index (χ2n) is 5.84. The maximum Gasteiger partial charge on any atom is 0.321 e. The molecule has 7 nitrogen and oxygen atoms in total. The number of hydrogen-bond acceptors (Lipinski definition) is 5. The zero-order valence-electron chi connectivity index (χ0n) is 12.5. The summed E-state index contributed by atoms with van der Waals surface area (Å²) in [5.41, 5.74) is 1.52. The van der Waals surface area contributed by atoms with Gasteiger partial charge in [-0.05, 0) is 37.0 Å². The van der Waals surface area contributed by atoms with Crippen molar-refractivity contribution >= 4 is 29.2 Å². The van der Waals surface area contributed by atoms with Crippen LogP contribution in [0.5, 0.6) is 0 Å². The Hall–Kier alpha value is -2.48. The fraction of sp³-hybridized carbons (Fsp3) is 0.333. The fourth-order valence-corrected chi connectivity index (χ4v) is 2.99. The van der Waals surface area contributed by atoms with E-state index in [1.54, 1.807) is 19.1 Å². The number of amides is 2. The highest BCUT2D eigenvalue weighted by atomic mass is 32.1. The number of carboxylic acids is 1. The molecule has 1 saturated heterocycles. The van der Waals surface area contributed by atoms with Crippen LogP contribution in [0.25, 0.3) is 11.3 Å². The predicted octanol–water partition coefficient (Wildman–Crippen LogP) is 2.53. The predicted molar refractivity (Wildman–Crippen MR) is 86.3 cm³/mol. The Bertz CT molecular complexity index is 717. The van der Waals surface area contributed by atoms with E-state index in [0.29, 0.717) is 18.7 Å². The van der Waals surface area contributed by atoms with E-state index in [1.165, 1.54) is 16.4 Å². The van der Waals surface area contributed by atoms with Gasteiger partial charge in [0.25, 0.3) is 0 Å². The topological polar surface area (TPSA) is 95.4 Å². The SMILES string of the molecule is CC1(C(=O)O)CCN(C(=O)Nc2ccc(-c3csnn3)cc2)C1. The van der Waals surface area contributed by atoms with Crippen molar-refractivity contribution in [1.29, 1.82) is 0 Å². The van der Waals surface area contributed by atoms with Crippen LogP contribution in [0.2, 0.25) is 0 Å². The lowest BCUT2D eigenvalue weighted by Crippen LogP contribution is -2.37. The van der Waals surface area contributed by atoms with E-state index >= 15 is 0 Å². The molecule has 1 aromatic heterocycles. The van der Waals surface area contributed by atoms with Crippen LogP contribution in [0.1, 0.15) is 13.3 Å². The van der Waals surface area contributed by atoms with E-state index < -0.39 is 11.4 Å². The second-order valence-corrected chi connectivity index (χ2v) is 6.44. The van der Waals surface area contributed by atoms with Crippen molar-refractivity contribution in [3.05, 3.63) is 29.6 Å². The van der Waals surface area contributed by atoms with Gasteiger partial charge in [-0.25, -0.2) is 4.79 Å². The maximum absolute atomic E-state index is 12.2. The first-order valence-corrected chi connectivity index (χ1v) is 7.98. The number of anilines is 1. The molecule has 23 heavy (non-hydrogen) atoms. The fourth-order valence-electron chi connectivity index (χ4n) is 2.53. The van der Waals surface area contributed by atoms with Gasteiger partial charge in [0.2, 0.25) is 0 Å². The number of benzene rings is 1. The number of nitrogens with one attached hydrogen (secondary N) is 1. The molecule has 2 aromatic rings. The van der Waals surface area contributed by atoms with E-state index in [9.17, 15) is 14.7 Å². The molecule has 2 amide bonds. The molecule has 1 fully saturated rings. The number of hydrogen-bond donors (Lipinski definition) is 2. The van der Waals surface area contributed by atoms with Crippen molar-refractivity contribution in [3.8, 4) is 11.3 Å². The van der Waals surface area contributed by atoms with E-state index in [0.717, 1.165) is 11.3 Å². The standard InChI is InChI=1S/C15H16N4O3S/c1-15(13(20)21)6-7-19(9-15)14(22)16-11-4-2-10(3-5-11)12-8-23-18-17-12/h2-5,8H,6-7,9H2,1H3,(H,16,22)(H,20,21). The third-order valence-corrected chi connectivity index (χ3v) is 4.57. The van der Waals surface area contributed by atoms with Crippen molar-refractivity contribution < 1.29 is 14.7 Å².